The van der Waals surface area contributed by atoms with Gasteiger partial charge in [0, 0.05) is 24.7 Å². The van der Waals surface area contributed by atoms with Crippen molar-refractivity contribution in [3.8, 4) is 22.6 Å². The first kappa shape index (κ1) is 15.9. The van der Waals surface area contributed by atoms with Crippen molar-refractivity contribution in [3.05, 3.63) is 61.1 Å². The Hall–Kier alpha value is -2.99. The van der Waals surface area contributed by atoms with Crippen LogP contribution in [0.2, 0.25) is 0 Å². The van der Waals surface area contributed by atoms with Gasteiger partial charge in [-0.05, 0) is 12.1 Å². The van der Waals surface area contributed by atoms with Crippen LogP contribution in [0.15, 0.2) is 61.1 Å². The number of hydrogen-bond acceptors (Lipinski definition) is 4. The van der Waals surface area contributed by atoms with Crippen LogP contribution in [0.5, 0.6) is 0 Å². The van der Waals surface area contributed by atoms with E-state index in [-0.39, 0.29) is 6.42 Å². The van der Waals surface area contributed by atoms with E-state index in [9.17, 15) is 9.90 Å². The maximum Gasteiger partial charge on any atom is 0.332 e. The second-order valence-electron chi connectivity index (χ2n) is 5.36. The molecular formula is C18H17N3O3. The molecule has 0 spiro atoms. The average Bonchev–Trinajstić information content (AvgIpc) is 3.05. The van der Waals surface area contributed by atoms with Crippen molar-refractivity contribution in [2.75, 3.05) is 0 Å². The fourth-order valence-corrected chi connectivity index (χ4v) is 2.52. The number of aliphatic hydroxyl groups excluding tert-OH is 1. The number of benzene rings is 1. The van der Waals surface area contributed by atoms with E-state index in [1.54, 1.807) is 12.5 Å². The standard InChI is InChI=1S/C18H17N3O3/c22-15(18(23)24)9-11-21-12-20-16(13-6-2-1-3-7-13)17(21)14-8-4-5-10-19-14/h1-8,10,12,15,22H,9,11H2,(H,23,24)/t15-/m0/s1. The van der Waals surface area contributed by atoms with Crippen LogP contribution < -0.4 is 0 Å². The van der Waals surface area contributed by atoms with Crippen LogP contribution in [-0.2, 0) is 11.3 Å². The number of aliphatic hydroxyl groups is 1. The molecule has 1 aromatic carbocycles. The molecule has 2 N–H and O–H groups in total. The summed E-state index contributed by atoms with van der Waals surface area (Å²) in [5, 5.41) is 18.4. The number of imidazole rings is 1. The number of nitrogens with zero attached hydrogens (tertiary/aromatic N) is 3. The summed E-state index contributed by atoms with van der Waals surface area (Å²) < 4.78 is 1.83. The van der Waals surface area contributed by atoms with Crippen LogP contribution in [-0.4, -0.2) is 36.8 Å². The van der Waals surface area contributed by atoms with E-state index < -0.39 is 12.1 Å². The van der Waals surface area contributed by atoms with Crippen molar-refractivity contribution in [1.82, 2.24) is 14.5 Å². The van der Waals surface area contributed by atoms with Crippen LogP contribution in [0.1, 0.15) is 6.42 Å². The summed E-state index contributed by atoms with van der Waals surface area (Å²) in [4.78, 5) is 19.7. The molecule has 122 valence electrons. The summed E-state index contributed by atoms with van der Waals surface area (Å²) in [5.74, 6) is -1.22. The zero-order valence-corrected chi connectivity index (χ0v) is 12.9. The molecule has 0 fully saturated rings. The Kier molecular flexibility index (Phi) is 4.67. The first-order valence-corrected chi connectivity index (χ1v) is 7.59. The molecule has 0 aliphatic rings. The van der Waals surface area contributed by atoms with Crippen molar-refractivity contribution in [2.24, 2.45) is 0 Å². The van der Waals surface area contributed by atoms with Gasteiger partial charge in [-0.1, -0.05) is 36.4 Å². The maximum atomic E-state index is 10.8. The number of aliphatic carboxylic acids is 1. The van der Waals surface area contributed by atoms with E-state index in [0.29, 0.717) is 6.54 Å². The van der Waals surface area contributed by atoms with E-state index in [4.69, 9.17) is 5.11 Å². The highest BCUT2D eigenvalue weighted by Crippen LogP contribution is 2.30. The molecule has 24 heavy (non-hydrogen) atoms. The minimum absolute atomic E-state index is 0.0970. The first-order valence-electron chi connectivity index (χ1n) is 7.59. The Balaban J connectivity index is 2.01. The third kappa shape index (κ3) is 3.33. The van der Waals surface area contributed by atoms with Gasteiger partial charge in [-0.25, -0.2) is 9.78 Å². The van der Waals surface area contributed by atoms with Crippen LogP contribution in [0.3, 0.4) is 0 Å². The van der Waals surface area contributed by atoms with Crippen LogP contribution in [0.4, 0.5) is 0 Å². The van der Waals surface area contributed by atoms with Crippen molar-refractivity contribution < 1.29 is 15.0 Å². The summed E-state index contributed by atoms with van der Waals surface area (Å²) in [6.07, 6.45) is 2.05. The van der Waals surface area contributed by atoms with Gasteiger partial charge in [-0.15, -0.1) is 0 Å². The minimum Gasteiger partial charge on any atom is -0.479 e. The van der Waals surface area contributed by atoms with Gasteiger partial charge in [0.2, 0.25) is 0 Å². The normalized spacial score (nSPS) is 12.0. The number of carbonyl (C=O) groups is 1. The lowest BCUT2D eigenvalue weighted by Gasteiger charge is -2.11. The second-order valence-corrected chi connectivity index (χ2v) is 5.36. The van der Waals surface area contributed by atoms with E-state index >= 15 is 0 Å². The molecule has 0 bridgehead atoms. The molecule has 0 aliphatic carbocycles. The van der Waals surface area contributed by atoms with Gasteiger partial charge in [-0.3, -0.25) is 4.98 Å². The summed E-state index contributed by atoms with van der Waals surface area (Å²) in [7, 11) is 0. The lowest BCUT2D eigenvalue weighted by atomic mass is 10.1. The Bertz CT molecular complexity index is 816. The Morgan fingerprint density at radius 1 is 1.08 bits per heavy atom. The third-order valence-electron chi connectivity index (χ3n) is 3.72. The Morgan fingerprint density at radius 3 is 2.50 bits per heavy atom. The molecule has 0 aliphatic heterocycles. The zero-order valence-electron chi connectivity index (χ0n) is 12.9. The van der Waals surface area contributed by atoms with Gasteiger partial charge in [0.25, 0.3) is 0 Å². The molecule has 6 nitrogen and oxygen atoms in total. The predicted molar refractivity (Wildman–Crippen MR) is 89.2 cm³/mol. The fourth-order valence-electron chi connectivity index (χ4n) is 2.52. The molecule has 6 heteroatoms. The maximum absolute atomic E-state index is 10.8. The topological polar surface area (TPSA) is 88.2 Å². The molecule has 2 aromatic heterocycles. The van der Waals surface area contributed by atoms with Crippen LogP contribution in [0, 0.1) is 0 Å². The van der Waals surface area contributed by atoms with Gasteiger partial charge in [0.15, 0.2) is 6.10 Å². The summed E-state index contributed by atoms with van der Waals surface area (Å²) in [5.41, 5.74) is 3.29. The van der Waals surface area contributed by atoms with E-state index in [1.807, 2.05) is 53.1 Å². The quantitative estimate of drug-likeness (QED) is 0.727. The van der Waals surface area contributed by atoms with Crippen molar-refractivity contribution in [3.63, 3.8) is 0 Å². The number of pyridine rings is 1. The summed E-state index contributed by atoms with van der Waals surface area (Å²) >= 11 is 0. The predicted octanol–water partition coefficient (Wildman–Crippen LogP) is 2.45. The van der Waals surface area contributed by atoms with Gasteiger partial charge in [0.1, 0.15) is 0 Å². The van der Waals surface area contributed by atoms with Crippen molar-refractivity contribution >= 4 is 5.97 Å². The average molecular weight is 323 g/mol. The summed E-state index contributed by atoms with van der Waals surface area (Å²) in [6.45, 7) is 0.333. The highest BCUT2D eigenvalue weighted by atomic mass is 16.4. The lowest BCUT2D eigenvalue weighted by molar-refractivity contribution is -0.147. The van der Waals surface area contributed by atoms with Crippen LogP contribution in [0.25, 0.3) is 22.6 Å². The molecule has 0 radical (unpaired) electrons. The third-order valence-corrected chi connectivity index (χ3v) is 3.72. The highest BCUT2D eigenvalue weighted by Gasteiger charge is 2.18. The fraction of sp³-hybridized carbons (Fsp3) is 0.167. The smallest absolute Gasteiger partial charge is 0.332 e. The Labute approximate surface area is 139 Å². The number of carboxylic acids is 1. The van der Waals surface area contributed by atoms with Crippen molar-refractivity contribution in [2.45, 2.75) is 19.1 Å². The molecule has 3 aromatic rings. The number of carboxylic acid groups (broad SMARTS) is 1. The van der Waals surface area contributed by atoms with Gasteiger partial charge >= 0.3 is 5.97 Å². The SMILES string of the molecule is O=C(O)[C@@H](O)CCn1cnc(-c2ccccc2)c1-c1ccccn1. The molecule has 0 saturated heterocycles. The molecule has 3 rings (SSSR count). The molecular weight excluding hydrogens is 306 g/mol. The zero-order chi connectivity index (χ0) is 16.9. The number of aryl methyl sites for hydroxylation is 1. The van der Waals surface area contributed by atoms with Crippen LogP contribution >= 0.6 is 0 Å². The molecule has 0 saturated carbocycles. The van der Waals surface area contributed by atoms with E-state index in [1.165, 1.54) is 0 Å². The van der Waals surface area contributed by atoms with Gasteiger partial charge < -0.3 is 14.8 Å². The monoisotopic (exact) mass is 323 g/mol. The van der Waals surface area contributed by atoms with Crippen molar-refractivity contribution in [1.29, 1.82) is 0 Å². The second kappa shape index (κ2) is 7.06. The molecule has 0 unspecified atom stereocenters. The molecule has 1 atom stereocenters. The van der Waals surface area contributed by atoms with E-state index in [0.717, 1.165) is 22.6 Å². The number of rotatable bonds is 6. The number of aromatic nitrogens is 3. The lowest BCUT2D eigenvalue weighted by Crippen LogP contribution is -2.21. The largest absolute Gasteiger partial charge is 0.479 e. The first-order chi connectivity index (χ1) is 11.7. The minimum atomic E-state index is -1.40. The highest BCUT2D eigenvalue weighted by molar-refractivity contribution is 5.76. The number of hydrogen-bond donors (Lipinski definition) is 2. The molecule has 2 heterocycles. The van der Waals surface area contributed by atoms with Gasteiger partial charge in [-0.2, -0.15) is 0 Å². The summed E-state index contributed by atoms with van der Waals surface area (Å²) in [6, 6.07) is 15.3. The van der Waals surface area contributed by atoms with Gasteiger partial charge in [0.05, 0.1) is 23.4 Å². The Morgan fingerprint density at radius 2 is 1.83 bits per heavy atom. The molecule has 0 amide bonds. The van der Waals surface area contributed by atoms with E-state index in [2.05, 4.69) is 9.97 Å².